The minimum atomic E-state index is -0.849. The molecule has 0 spiro atoms. The lowest BCUT2D eigenvalue weighted by Crippen LogP contribution is -2.49. The Hall–Kier alpha value is -1.80. The Morgan fingerprint density at radius 1 is 1.03 bits per heavy atom. The summed E-state index contributed by atoms with van der Waals surface area (Å²) in [6.07, 6.45) is 10.5. The fraction of sp³-hybridized carbons (Fsp3) is 0.852. The van der Waals surface area contributed by atoms with Crippen LogP contribution in [0.3, 0.4) is 0 Å². The lowest BCUT2D eigenvalue weighted by Gasteiger charge is -2.48. The molecule has 5 atom stereocenters. The Bertz CT molecular complexity index is 718. The second kappa shape index (κ2) is 12.9. The van der Waals surface area contributed by atoms with Gasteiger partial charge in [-0.15, -0.1) is 0 Å². The van der Waals surface area contributed by atoms with Gasteiger partial charge in [0.15, 0.2) is 0 Å². The maximum Gasteiger partial charge on any atom is 0.508 e. The molecule has 2 aliphatic rings. The molecule has 0 amide bonds. The Balaban J connectivity index is 2.23. The van der Waals surface area contributed by atoms with E-state index in [0.717, 1.165) is 57.8 Å². The molecule has 2 rings (SSSR count). The van der Waals surface area contributed by atoms with Gasteiger partial charge in [-0.2, -0.15) is 0 Å². The van der Waals surface area contributed by atoms with Gasteiger partial charge in [0.25, 0.3) is 0 Å². The third-order valence-corrected chi connectivity index (χ3v) is 8.63. The second-order valence-corrected chi connectivity index (χ2v) is 10.4. The molecule has 0 aliphatic heterocycles. The van der Waals surface area contributed by atoms with Gasteiger partial charge in [-0.3, -0.25) is 0 Å². The highest BCUT2D eigenvalue weighted by molar-refractivity contribution is 5.61. The van der Waals surface area contributed by atoms with Gasteiger partial charge in [0, 0.05) is 18.9 Å². The molecule has 0 heterocycles. The summed E-state index contributed by atoms with van der Waals surface area (Å²) >= 11 is 0. The zero-order valence-corrected chi connectivity index (χ0v) is 22.7. The highest BCUT2D eigenvalue weighted by Crippen LogP contribution is 2.60. The highest BCUT2D eigenvalue weighted by Gasteiger charge is 2.58. The van der Waals surface area contributed by atoms with Crippen molar-refractivity contribution in [2.45, 2.75) is 103 Å². The Morgan fingerprint density at radius 2 is 1.71 bits per heavy atom. The van der Waals surface area contributed by atoms with Crippen molar-refractivity contribution < 1.29 is 38.0 Å². The van der Waals surface area contributed by atoms with Crippen LogP contribution in [0.5, 0.6) is 0 Å². The largest absolute Gasteiger partial charge is 0.508 e. The molecule has 0 aromatic rings. The molecule has 2 saturated carbocycles. The molecule has 0 aromatic heterocycles. The first-order valence-corrected chi connectivity index (χ1v) is 13.0. The van der Waals surface area contributed by atoms with Crippen LogP contribution in [0.1, 0.15) is 85.5 Å². The molecule has 0 saturated heterocycles. The van der Waals surface area contributed by atoms with Crippen molar-refractivity contribution in [2.75, 3.05) is 28.1 Å². The minimum absolute atomic E-state index is 0.0613. The van der Waals surface area contributed by atoms with Crippen molar-refractivity contribution in [3.8, 4) is 0 Å². The number of carbonyl (C=O) groups excluding carboxylic acids is 2. The van der Waals surface area contributed by atoms with Crippen LogP contribution in [0.4, 0.5) is 9.59 Å². The second-order valence-electron chi connectivity index (χ2n) is 10.4. The zero-order chi connectivity index (χ0) is 26.1. The van der Waals surface area contributed by atoms with E-state index in [1.165, 1.54) is 14.2 Å². The van der Waals surface area contributed by atoms with Crippen molar-refractivity contribution in [2.24, 2.45) is 17.3 Å². The topological polar surface area (TPSA) is 89.5 Å². The van der Waals surface area contributed by atoms with Gasteiger partial charge in [0.1, 0.15) is 18.5 Å². The van der Waals surface area contributed by atoms with Crippen LogP contribution in [-0.4, -0.2) is 57.7 Å². The first-order chi connectivity index (χ1) is 16.6. The molecular weight excluding hydrogens is 452 g/mol. The molecule has 202 valence electrons. The number of fused-ring (bicyclic) bond motifs is 1. The van der Waals surface area contributed by atoms with Crippen molar-refractivity contribution in [3.05, 3.63) is 12.2 Å². The van der Waals surface area contributed by atoms with Crippen LogP contribution in [0.2, 0.25) is 0 Å². The van der Waals surface area contributed by atoms with E-state index >= 15 is 0 Å². The van der Waals surface area contributed by atoms with E-state index < -0.39 is 17.9 Å². The van der Waals surface area contributed by atoms with E-state index in [-0.39, 0.29) is 35.7 Å². The first kappa shape index (κ1) is 29.4. The molecule has 8 nitrogen and oxygen atoms in total. The van der Waals surface area contributed by atoms with Crippen molar-refractivity contribution in [1.29, 1.82) is 0 Å². The average molecular weight is 499 g/mol. The summed E-state index contributed by atoms with van der Waals surface area (Å²) in [6.45, 7) is 8.74. The number of carbonyl (C=O) groups is 2. The molecule has 2 fully saturated rings. The van der Waals surface area contributed by atoms with Gasteiger partial charge >= 0.3 is 12.3 Å². The zero-order valence-electron chi connectivity index (χ0n) is 22.7. The fourth-order valence-electron chi connectivity index (χ4n) is 6.54. The fourth-order valence-corrected chi connectivity index (χ4v) is 6.54. The molecule has 5 unspecified atom stereocenters. The summed E-state index contributed by atoms with van der Waals surface area (Å²) in [5.41, 5.74) is -1.24. The van der Waals surface area contributed by atoms with Crippen LogP contribution in [-0.2, 0) is 28.4 Å². The Kier molecular flexibility index (Phi) is 10.9. The summed E-state index contributed by atoms with van der Waals surface area (Å²) in [4.78, 5) is 24.1. The number of hydrogen-bond acceptors (Lipinski definition) is 8. The third kappa shape index (κ3) is 6.91. The maximum absolute atomic E-state index is 12.3. The Morgan fingerprint density at radius 3 is 2.31 bits per heavy atom. The van der Waals surface area contributed by atoms with Crippen LogP contribution in [0.15, 0.2) is 12.2 Å². The van der Waals surface area contributed by atoms with E-state index in [0.29, 0.717) is 0 Å². The Labute approximate surface area is 211 Å². The summed E-state index contributed by atoms with van der Waals surface area (Å²) in [5.74, 6) is 0.246. The van der Waals surface area contributed by atoms with E-state index in [1.807, 2.05) is 13.0 Å². The molecule has 35 heavy (non-hydrogen) atoms. The number of rotatable bonds is 12. The minimum Gasteiger partial charge on any atom is -0.438 e. The van der Waals surface area contributed by atoms with Crippen molar-refractivity contribution in [1.82, 2.24) is 0 Å². The quantitative estimate of drug-likeness (QED) is 0.173. The summed E-state index contributed by atoms with van der Waals surface area (Å²) in [5, 5.41) is 0. The van der Waals surface area contributed by atoms with Crippen molar-refractivity contribution >= 4 is 12.3 Å². The number of allylic oxidation sites excluding steroid dienone is 1. The smallest absolute Gasteiger partial charge is 0.438 e. The standard InChI is InChI=1S/C27H46O8/c1-8-27(9-2,33-19-30-5)18-11-10-17-26(4,35-24(29)32-7)22-15-14-20-21(34-23(28)31-6)13-12-16-25(20,22)3/h10,17,20-22H,8-9,11-16,18-19H2,1-7H3. The van der Waals surface area contributed by atoms with Gasteiger partial charge in [-0.05, 0) is 76.2 Å². The third-order valence-electron chi connectivity index (χ3n) is 8.63. The predicted molar refractivity (Wildman–Crippen MR) is 132 cm³/mol. The van der Waals surface area contributed by atoms with Gasteiger partial charge in [-0.1, -0.05) is 26.8 Å². The molecular formula is C27H46O8. The SMILES string of the molecule is CCC(CC)(CCC=CC(C)(OC(=O)OC)C1CCC2C(OC(=O)OC)CCCC21C)OCOC. The average Bonchev–Trinajstić information content (AvgIpc) is 3.22. The molecule has 0 radical (unpaired) electrons. The van der Waals surface area contributed by atoms with Crippen LogP contribution in [0.25, 0.3) is 0 Å². The first-order valence-electron chi connectivity index (χ1n) is 13.0. The highest BCUT2D eigenvalue weighted by atomic mass is 16.7. The van der Waals surface area contributed by atoms with E-state index in [1.54, 1.807) is 7.11 Å². The predicted octanol–water partition coefficient (Wildman–Crippen LogP) is 6.41. The molecule has 0 bridgehead atoms. The van der Waals surface area contributed by atoms with Crippen LogP contribution < -0.4 is 0 Å². The molecule has 0 aromatic carbocycles. The van der Waals surface area contributed by atoms with Crippen molar-refractivity contribution in [3.63, 3.8) is 0 Å². The van der Waals surface area contributed by atoms with E-state index in [9.17, 15) is 9.59 Å². The van der Waals surface area contributed by atoms with Gasteiger partial charge in [-0.25, -0.2) is 9.59 Å². The lowest BCUT2D eigenvalue weighted by molar-refractivity contribution is -0.137. The summed E-state index contributed by atoms with van der Waals surface area (Å²) in [7, 11) is 4.30. The van der Waals surface area contributed by atoms with Crippen LogP contribution >= 0.6 is 0 Å². The molecule has 0 N–H and O–H groups in total. The van der Waals surface area contributed by atoms with E-state index in [2.05, 4.69) is 26.8 Å². The summed E-state index contributed by atoms with van der Waals surface area (Å²) < 4.78 is 32.4. The number of methoxy groups -OCH3 is 3. The lowest BCUT2D eigenvalue weighted by atomic mass is 9.60. The monoisotopic (exact) mass is 498 g/mol. The van der Waals surface area contributed by atoms with E-state index in [4.69, 9.17) is 28.4 Å². The number of hydrogen-bond donors (Lipinski definition) is 0. The molecule has 8 heteroatoms. The van der Waals surface area contributed by atoms with Crippen LogP contribution in [0, 0.1) is 17.3 Å². The van der Waals surface area contributed by atoms with Gasteiger partial charge in [0.05, 0.1) is 19.8 Å². The maximum atomic E-state index is 12.3. The molecule has 2 aliphatic carbocycles. The number of ether oxygens (including phenoxy) is 6. The van der Waals surface area contributed by atoms with Gasteiger partial charge in [0.2, 0.25) is 0 Å². The van der Waals surface area contributed by atoms with Gasteiger partial charge < -0.3 is 28.4 Å². The normalized spacial score (nSPS) is 28.3. The summed E-state index contributed by atoms with van der Waals surface area (Å²) in [6, 6.07) is 0.